The van der Waals surface area contributed by atoms with Crippen molar-refractivity contribution in [1.29, 1.82) is 0 Å². The van der Waals surface area contributed by atoms with Crippen LogP contribution in [0.1, 0.15) is 11.1 Å². The summed E-state index contributed by atoms with van der Waals surface area (Å²) >= 11 is 0. The smallest absolute Gasteiger partial charge is 0.322 e. The molecule has 2 N–H and O–H groups in total. The molecule has 3 heterocycles. The average molecular weight is 407 g/mol. The average Bonchev–Trinajstić information content (AvgIpc) is 3.45. The van der Waals surface area contributed by atoms with Crippen molar-refractivity contribution in [3.8, 4) is 11.1 Å². The van der Waals surface area contributed by atoms with Gasteiger partial charge < -0.3 is 19.6 Å². The van der Waals surface area contributed by atoms with E-state index in [4.69, 9.17) is 4.42 Å². The number of nitrogens with one attached hydrogen (secondary N) is 2. The number of furan rings is 1. The van der Waals surface area contributed by atoms with Gasteiger partial charge in [0.2, 0.25) is 0 Å². The third-order valence-electron chi connectivity index (χ3n) is 6.14. The van der Waals surface area contributed by atoms with Crippen molar-refractivity contribution in [2.75, 3.05) is 11.9 Å². The zero-order chi connectivity index (χ0) is 20.8. The minimum absolute atomic E-state index is 0.0670. The molecule has 0 unspecified atom stereocenters. The molecule has 6 rings (SSSR count). The fraction of sp³-hybridized carbons (Fsp3) is 0.115. The summed E-state index contributed by atoms with van der Waals surface area (Å²) in [6.07, 6.45) is 4.42. The van der Waals surface area contributed by atoms with Gasteiger partial charge in [0.15, 0.2) is 0 Å². The van der Waals surface area contributed by atoms with E-state index in [1.165, 1.54) is 22.3 Å². The number of anilines is 1. The molecule has 152 valence electrons. The number of hydrogen-bond acceptors (Lipinski definition) is 2. The third-order valence-corrected chi connectivity index (χ3v) is 6.14. The molecule has 0 radical (unpaired) electrons. The summed E-state index contributed by atoms with van der Waals surface area (Å²) < 4.78 is 5.55. The molecule has 0 saturated heterocycles. The largest absolute Gasteiger partial charge is 0.464 e. The number of fused-ring (bicyclic) bond motifs is 3. The highest BCUT2D eigenvalue weighted by Gasteiger charge is 2.22. The van der Waals surface area contributed by atoms with Crippen LogP contribution in [0.25, 0.3) is 33.0 Å². The van der Waals surface area contributed by atoms with E-state index in [2.05, 4.69) is 34.6 Å². The van der Waals surface area contributed by atoms with Crippen LogP contribution in [0.4, 0.5) is 10.5 Å². The Kier molecular flexibility index (Phi) is 4.06. The van der Waals surface area contributed by atoms with Crippen LogP contribution in [0.3, 0.4) is 0 Å². The number of carbonyl (C=O) groups excluding carboxylic acids is 1. The third kappa shape index (κ3) is 3.06. The molecule has 0 spiro atoms. The first-order valence-corrected chi connectivity index (χ1v) is 10.5. The van der Waals surface area contributed by atoms with Crippen molar-refractivity contribution >= 4 is 33.6 Å². The predicted molar refractivity (Wildman–Crippen MR) is 123 cm³/mol. The molecule has 0 fully saturated rings. The Morgan fingerprint density at radius 2 is 1.90 bits per heavy atom. The zero-order valence-electron chi connectivity index (χ0n) is 16.9. The van der Waals surface area contributed by atoms with E-state index in [1.807, 2.05) is 53.6 Å². The summed E-state index contributed by atoms with van der Waals surface area (Å²) in [7, 11) is 0. The molecular formula is C26H21N3O2. The van der Waals surface area contributed by atoms with E-state index in [1.54, 1.807) is 6.26 Å². The molecule has 0 bridgehead atoms. The molecule has 2 amide bonds. The molecule has 31 heavy (non-hydrogen) atoms. The molecule has 1 aliphatic heterocycles. The summed E-state index contributed by atoms with van der Waals surface area (Å²) in [5.41, 5.74) is 7.58. The standard InChI is InChI=1S/C26H21N3O2/c30-26(28-24-15-27-23-6-2-1-4-22(23)24)29-12-10-17-14-18(8-9-19(17)16-29)20-5-3-7-25-21(20)11-13-31-25/h1-9,11,13-15,27H,10,12,16H2,(H,28,30). The Morgan fingerprint density at radius 1 is 0.968 bits per heavy atom. The number of urea groups is 1. The van der Waals surface area contributed by atoms with Gasteiger partial charge in [0.1, 0.15) is 5.58 Å². The lowest BCUT2D eigenvalue weighted by atomic mass is 9.93. The number of benzene rings is 3. The lowest BCUT2D eigenvalue weighted by molar-refractivity contribution is 0.206. The molecule has 1 aliphatic rings. The van der Waals surface area contributed by atoms with Gasteiger partial charge in [-0.1, -0.05) is 48.5 Å². The summed E-state index contributed by atoms with van der Waals surface area (Å²) in [5, 5.41) is 5.21. The second-order valence-corrected chi connectivity index (χ2v) is 7.97. The van der Waals surface area contributed by atoms with E-state index in [-0.39, 0.29) is 6.03 Å². The molecule has 3 aromatic carbocycles. The number of nitrogens with zero attached hydrogens (tertiary/aromatic N) is 1. The topological polar surface area (TPSA) is 61.3 Å². The SMILES string of the molecule is O=C(Nc1c[nH]c2ccccc12)N1CCc2cc(-c3cccc4occc34)ccc2C1. The van der Waals surface area contributed by atoms with Gasteiger partial charge >= 0.3 is 6.03 Å². The van der Waals surface area contributed by atoms with Crippen LogP contribution in [0.2, 0.25) is 0 Å². The molecular weight excluding hydrogens is 386 g/mol. The normalized spacial score (nSPS) is 13.5. The van der Waals surface area contributed by atoms with Crippen LogP contribution in [-0.4, -0.2) is 22.5 Å². The van der Waals surface area contributed by atoms with Gasteiger partial charge in [-0.2, -0.15) is 0 Å². The van der Waals surface area contributed by atoms with Crippen LogP contribution in [0.15, 0.2) is 83.6 Å². The number of rotatable bonds is 2. The van der Waals surface area contributed by atoms with E-state index < -0.39 is 0 Å². The highest BCUT2D eigenvalue weighted by atomic mass is 16.3. The molecule has 2 aromatic heterocycles. The lowest BCUT2D eigenvalue weighted by Crippen LogP contribution is -2.38. The second-order valence-electron chi connectivity index (χ2n) is 7.97. The van der Waals surface area contributed by atoms with Gasteiger partial charge in [0.25, 0.3) is 0 Å². The number of aromatic nitrogens is 1. The minimum Gasteiger partial charge on any atom is -0.464 e. The monoisotopic (exact) mass is 407 g/mol. The quantitative estimate of drug-likeness (QED) is 0.367. The molecule has 0 aliphatic carbocycles. The molecule has 5 heteroatoms. The molecule has 0 atom stereocenters. The van der Waals surface area contributed by atoms with E-state index >= 15 is 0 Å². The van der Waals surface area contributed by atoms with Crippen molar-refractivity contribution in [3.05, 3.63) is 90.3 Å². The van der Waals surface area contributed by atoms with Crippen LogP contribution < -0.4 is 5.32 Å². The summed E-state index contributed by atoms with van der Waals surface area (Å²) in [6.45, 7) is 1.31. The Bertz CT molecular complexity index is 1430. The first kappa shape index (κ1) is 17.8. The van der Waals surface area contributed by atoms with Crippen molar-refractivity contribution in [2.45, 2.75) is 13.0 Å². The number of H-pyrrole nitrogens is 1. The van der Waals surface area contributed by atoms with Crippen LogP contribution in [0.5, 0.6) is 0 Å². The maximum Gasteiger partial charge on any atom is 0.322 e. The van der Waals surface area contributed by atoms with Crippen molar-refractivity contribution in [1.82, 2.24) is 9.88 Å². The van der Waals surface area contributed by atoms with Gasteiger partial charge in [-0.3, -0.25) is 0 Å². The van der Waals surface area contributed by atoms with Gasteiger partial charge in [0.05, 0.1) is 12.0 Å². The fourth-order valence-corrected chi connectivity index (χ4v) is 4.51. The van der Waals surface area contributed by atoms with Crippen LogP contribution in [0, 0.1) is 0 Å². The Labute approximate surface area is 179 Å². The summed E-state index contributed by atoms with van der Waals surface area (Å²) in [4.78, 5) is 18.0. The molecule has 5 nitrogen and oxygen atoms in total. The Morgan fingerprint density at radius 3 is 2.87 bits per heavy atom. The van der Waals surface area contributed by atoms with Crippen LogP contribution >= 0.6 is 0 Å². The first-order chi connectivity index (χ1) is 15.3. The highest BCUT2D eigenvalue weighted by Crippen LogP contribution is 2.32. The van der Waals surface area contributed by atoms with Gasteiger partial charge in [0, 0.05) is 35.6 Å². The fourth-order valence-electron chi connectivity index (χ4n) is 4.51. The number of amides is 2. The number of aromatic amines is 1. The van der Waals surface area contributed by atoms with Crippen molar-refractivity contribution in [3.63, 3.8) is 0 Å². The van der Waals surface area contributed by atoms with Crippen molar-refractivity contribution < 1.29 is 9.21 Å². The van der Waals surface area contributed by atoms with Gasteiger partial charge in [-0.05, 0) is 46.9 Å². The van der Waals surface area contributed by atoms with Crippen molar-refractivity contribution in [2.24, 2.45) is 0 Å². The maximum atomic E-state index is 12.9. The number of carbonyl (C=O) groups is 1. The number of para-hydroxylation sites is 1. The lowest BCUT2D eigenvalue weighted by Gasteiger charge is -2.29. The van der Waals surface area contributed by atoms with E-state index in [0.717, 1.165) is 34.0 Å². The summed E-state index contributed by atoms with van der Waals surface area (Å²) in [6, 6.07) is 22.6. The van der Waals surface area contributed by atoms with Crippen LogP contribution in [-0.2, 0) is 13.0 Å². The molecule has 0 saturated carbocycles. The Hall–Kier alpha value is -3.99. The molecule has 5 aromatic rings. The van der Waals surface area contributed by atoms with E-state index in [0.29, 0.717) is 13.1 Å². The Balaban J connectivity index is 1.24. The first-order valence-electron chi connectivity index (χ1n) is 10.5. The zero-order valence-corrected chi connectivity index (χ0v) is 16.9. The predicted octanol–water partition coefficient (Wildman–Crippen LogP) is 6.17. The second kappa shape index (κ2) is 7.06. The summed E-state index contributed by atoms with van der Waals surface area (Å²) in [5.74, 6) is 0. The minimum atomic E-state index is -0.0670. The van der Waals surface area contributed by atoms with E-state index in [9.17, 15) is 4.79 Å². The van der Waals surface area contributed by atoms with Gasteiger partial charge in [-0.25, -0.2) is 4.79 Å². The highest BCUT2D eigenvalue weighted by molar-refractivity contribution is 6.01. The maximum absolute atomic E-state index is 12.9. The number of hydrogen-bond donors (Lipinski definition) is 2. The van der Waals surface area contributed by atoms with Gasteiger partial charge in [-0.15, -0.1) is 0 Å².